The average molecular weight is 260 g/mol. The molecule has 0 radical (unpaired) electrons. The molecule has 1 aliphatic rings. The quantitative estimate of drug-likeness (QED) is 0.802. The second-order valence-corrected chi connectivity index (χ2v) is 4.32. The molecule has 3 nitrogen and oxygen atoms in total. The number of hydrogen-bond donors (Lipinski definition) is 2. The summed E-state index contributed by atoms with van der Waals surface area (Å²) in [7, 11) is 0. The van der Waals surface area contributed by atoms with Gasteiger partial charge in [-0.1, -0.05) is 12.1 Å². The summed E-state index contributed by atoms with van der Waals surface area (Å²) in [6.07, 6.45) is -5.03. The van der Waals surface area contributed by atoms with Gasteiger partial charge in [-0.25, -0.2) is 0 Å². The predicted octanol–water partition coefficient (Wildman–Crippen LogP) is 1.48. The average Bonchev–Trinajstić information content (AvgIpc) is 2.53. The molecular weight excluding hydrogens is 245 g/mol. The van der Waals surface area contributed by atoms with E-state index >= 15 is 0 Å². The number of aliphatic hydroxyl groups is 1. The van der Waals surface area contributed by atoms with Gasteiger partial charge in [0.25, 0.3) is 0 Å². The number of halogens is 3. The molecule has 1 saturated heterocycles. The van der Waals surface area contributed by atoms with E-state index in [0.29, 0.717) is 19.6 Å². The third-order valence-corrected chi connectivity index (χ3v) is 2.92. The third kappa shape index (κ3) is 2.94. The number of nitrogens with zero attached hydrogens (tertiary/aromatic N) is 1. The Bertz CT molecular complexity index is 409. The number of anilines is 1. The lowest BCUT2D eigenvalue weighted by molar-refractivity contribution is -0.137. The van der Waals surface area contributed by atoms with Gasteiger partial charge in [0.05, 0.1) is 11.7 Å². The van der Waals surface area contributed by atoms with Gasteiger partial charge in [0.15, 0.2) is 0 Å². The van der Waals surface area contributed by atoms with E-state index in [1.54, 1.807) is 11.0 Å². The van der Waals surface area contributed by atoms with Crippen LogP contribution in [0.2, 0.25) is 0 Å². The van der Waals surface area contributed by atoms with Gasteiger partial charge in [-0.3, -0.25) is 0 Å². The first-order chi connectivity index (χ1) is 8.48. The van der Waals surface area contributed by atoms with Gasteiger partial charge in [0, 0.05) is 31.9 Å². The zero-order valence-corrected chi connectivity index (χ0v) is 9.74. The molecule has 100 valence electrons. The molecule has 18 heavy (non-hydrogen) atoms. The Morgan fingerprint density at radius 3 is 2.72 bits per heavy atom. The zero-order valence-electron chi connectivity index (χ0n) is 9.74. The van der Waals surface area contributed by atoms with Crippen LogP contribution >= 0.6 is 0 Å². The Balaban J connectivity index is 2.32. The zero-order chi connectivity index (χ0) is 13.2. The summed E-state index contributed by atoms with van der Waals surface area (Å²) < 4.78 is 38.7. The van der Waals surface area contributed by atoms with Crippen molar-refractivity contribution in [2.75, 3.05) is 31.1 Å². The maximum absolute atomic E-state index is 12.9. The Labute approximate surface area is 103 Å². The third-order valence-electron chi connectivity index (χ3n) is 2.92. The molecule has 0 spiro atoms. The van der Waals surface area contributed by atoms with Gasteiger partial charge >= 0.3 is 6.18 Å². The van der Waals surface area contributed by atoms with E-state index in [0.717, 1.165) is 6.07 Å². The van der Waals surface area contributed by atoms with Crippen molar-refractivity contribution in [3.8, 4) is 0 Å². The molecule has 1 aromatic carbocycles. The molecule has 1 aromatic rings. The number of para-hydroxylation sites is 1. The van der Waals surface area contributed by atoms with Gasteiger partial charge in [-0.2, -0.15) is 13.2 Å². The molecule has 1 atom stereocenters. The minimum atomic E-state index is -4.37. The van der Waals surface area contributed by atoms with Crippen LogP contribution in [0.15, 0.2) is 24.3 Å². The summed E-state index contributed by atoms with van der Waals surface area (Å²) in [6.45, 7) is 1.62. The largest absolute Gasteiger partial charge is 0.418 e. The monoisotopic (exact) mass is 260 g/mol. The van der Waals surface area contributed by atoms with Crippen LogP contribution in [0.4, 0.5) is 18.9 Å². The van der Waals surface area contributed by atoms with Gasteiger partial charge < -0.3 is 15.3 Å². The summed E-state index contributed by atoms with van der Waals surface area (Å²) in [4.78, 5) is 1.58. The molecule has 0 aliphatic carbocycles. The van der Waals surface area contributed by atoms with Crippen LogP contribution in [0.25, 0.3) is 0 Å². The highest BCUT2D eigenvalue weighted by molar-refractivity contribution is 5.55. The number of hydrogen-bond acceptors (Lipinski definition) is 3. The highest BCUT2D eigenvalue weighted by Crippen LogP contribution is 2.36. The summed E-state index contributed by atoms with van der Waals surface area (Å²) in [5.74, 6) is 0. The number of β-amino-alcohol motifs (C(OH)–C–C–N with tert-alkyl or cyclic N) is 1. The molecule has 1 heterocycles. The number of rotatable bonds is 1. The maximum atomic E-state index is 12.9. The Hall–Kier alpha value is -1.27. The van der Waals surface area contributed by atoms with Gasteiger partial charge in [-0.05, 0) is 12.1 Å². The van der Waals surface area contributed by atoms with Gasteiger partial charge in [0.1, 0.15) is 0 Å². The lowest BCUT2D eigenvalue weighted by Crippen LogP contribution is -2.34. The first-order valence-corrected chi connectivity index (χ1v) is 5.78. The van der Waals surface area contributed by atoms with Crippen molar-refractivity contribution in [1.29, 1.82) is 0 Å². The van der Waals surface area contributed by atoms with Gasteiger partial charge in [-0.15, -0.1) is 0 Å². The minimum absolute atomic E-state index is 0.132. The second kappa shape index (κ2) is 5.16. The highest BCUT2D eigenvalue weighted by atomic mass is 19.4. The van der Waals surface area contributed by atoms with E-state index in [1.165, 1.54) is 12.1 Å². The topological polar surface area (TPSA) is 35.5 Å². The highest BCUT2D eigenvalue weighted by Gasteiger charge is 2.35. The smallest absolute Gasteiger partial charge is 0.390 e. The molecule has 2 N–H and O–H groups in total. The summed E-state index contributed by atoms with van der Waals surface area (Å²) >= 11 is 0. The molecule has 0 bridgehead atoms. The predicted molar refractivity (Wildman–Crippen MR) is 62.5 cm³/mol. The number of aliphatic hydroxyl groups excluding tert-OH is 1. The summed E-state index contributed by atoms with van der Waals surface area (Å²) in [5, 5.41) is 12.6. The van der Waals surface area contributed by atoms with Crippen molar-refractivity contribution in [1.82, 2.24) is 5.32 Å². The Morgan fingerprint density at radius 1 is 1.28 bits per heavy atom. The molecule has 1 unspecified atom stereocenters. The SMILES string of the molecule is OC1CNCCN(c2ccccc2C(F)(F)F)C1. The Morgan fingerprint density at radius 2 is 2.00 bits per heavy atom. The van der Waals surface area contributed by atoms with Crippen molar-refractivity contribution in [3.05, 3.63) is 29.8 Å². The fraction of sp³-hybridized carbons (Fsp3) is 0.500. The minimum Gasteiger partial charge on any atom is -0.390 e. The van der Waals surface area contributed by atoms with Crippen LogP contribution in [0.1, 0.15) is 5.56 Å². The number of alkyl halides is 3. The molecule has 2 rings (SSSR count). The van der Waals surface area contributed by atoms with E-state index in [1.807, 2.05) is 0 Å². The Kier molecular flexibility index (Phi) is 3.77. The molecule has 6 heteroatoms. The molecule has 1 aliphatic heterocycles. The molecule has 0 aromatic heterocycles. The number of benzene rings is 1. The first kappa shape index (κ1) is 13.2. The maximum Gasteiger partial charge on any atom is 0.418 e. The molecular formula is C12H15F3N2O. The lowest BCUT2D eigenvalue weighted by Gasteiger charge is -2.27. The fourth-order valence-corrected chi connectivity index (χ4v) is 2.10. The second-order valence-electron chi connectivity index (χ2n) is 4.32. The van der Waals surface area contributed by atoms with E-state index in [4.69, 9.17) is 0 Å². The van der Waals surface area contributed by atoms with Crippen LogP contribution in [0.3, 0.4) is 0 Å². The molecule has 0 amide bonds. The van der Waals surface area contributed by atoms with Crippen molar-refractivity contribution < 1.29 is 18.3 Å². The van der Waals surface area contributed by atoms with Crippen molar-refractivity contribution in [2.24, 2.45) is 0 Å². The van der Waals surface area contributed by atoms with Crippen LogP contribution in [-0.4, -0.2) is 37.4 Å². The van der Waals surface area contributed by atoms with E-state index in [2.05, 4.69) is 5.32 Å². The van der Waals surface area contributed by atoms with Gasteiger partial charge in [0.2, 0.25) is 0 Å². The van der Waals surface area contributed by atoms with E-state index < -0.39 is 17.8 Å². The van der Waals surface area contributed by atoms with Crippen molar-refractivity contribution >= 4 is 5.69 Å². The standard InChI is InChI=1S/C12H15F3N2O/c13-12(14,15)10-3-1-2-4-11(10)17-6-5-16-7-9(18)8-17/h1-4,9,16,18H,5-8H2. The van der Waals surface area contributed by atoms with Crippen molar-refractivity contribution in [3.63, 3.8) is 0 Å². The summed E-state index contributed by atoms with van der Waals surface area (Å²) in [6, 6.07) is 5.47. The van der Waals surface area contributed by atoms with Crippen LogP contribution in [-0.2, 0) is 6.18 Å². The molecule has 1 fully saturated rings. The van der Waals surface area contributed by atoms with Crippen LogP contribution < -0.4 is 10.2 Å². The normalized spacial score (nSPS) is 21.8. The van der Waals surface area contributed by atoms with E-state index in [9.17, 15) is 18.3 Å². The van der Waals surface area contributed by atoms with Crippen molar-refractivity contribution in [2.45, 2.75) is 12.3 Å². The first-order valence-electron chi connectivity index (χ1n) is 5.78. The van der Waals surface area contributed by atoms with E-state index in [-0.39, 0.29) is 12.2 Å². The fourth-order valence-electron chi connectivity index (χ4n) is 2.10. The van der Waals surface area contributed by atoms with Crippen LogP contribution in [0, 0.1) is 0 Å². The number of nitrogens with one attached hydrogen (secondary N) is 1. The summed E-state index contributed by atoms with van der Waals surface area (Å²) in [5.41, 5.74) is -0.521. The van der Waals surface area contributed by atoms with Crippen LogP contribution in [0.5, 0.6) is 0 Å². The molecule has 0 saturated carbocycles. The lowest BCUT2D eigenvalue weighted by atomic mass is 10.1.